The Balaban J connectivity index is 3.46. The second kappa shape index (κ2) is 3.09. The molecule has 0 aromatic carbocycles. The Bertz CT molecular complexity index is 276. The summed E-state index contributed by atoms with van der Waals surface area (Å²) in [5, 5.41) is -1.74. The van der Waals surface area contributed by atoms with Crippen molar-refractivity contribution in [2.24, 2.45) is 0 Å². The molecule has 1 heterocycles. The fourth-order valence-corrected chi connectivity index (χ4v) is 0.972. The first-order valence-corrected chi connectivity index (χ1v) is 3.53. The van der Waals surface area contributed by atoms with Crippen molar-refractivity contribution in [1.82, 2.24) is 4.98 Å². The van der Waals surface area contributed by atoms with Gasteiger partial charge in [0.2, 0.25) is 5.95 Å². The minimum absolute atomic E-state index is 0.552. The number of hydrogen-bond donors (Lipinski definition) is 0. The van der Waals surface area contributed by atoms with Gasteiger partial charge >= 0.3 is 0 Å². The maximum atomic E-state index is 12.6. The second-order valence-electron chi connectivity index (χ2n) is 1.64. The maximum absolute atomic E-state index is 12.6. The molecule has 0 saturated heterocycles. The Kier molecular flexibility index (Phi) is 2.52. The smallest absolute Gasteiger partial charge is 0.203 e. The van der Waals surface area contributed by atoms with Gasteiger partial charge in [0.15, 0.2) is 11.0 Å². The molecular formula is C5Cl3F2N. The van der Waals surface area contributed by atoms with E-state index in [2.05, 4.69) is 4.98 Å². The van der Waals surface area contributed by atoms with Gasteiger partial charge in [0.1, 0.15) is 10.0 Å². The van der Waals surface area contributed by atoms with Crippen molar-refractivity contribution < 1.29 is 8.78 Å². The minimum Gasteiger partial charge on any atom is -0.203 e. The van der Waals surface area contributed by atoms with E-state index in [1.807, 2.05) is 0 Å². The lowest BCUT2D eigenvalue weighted by Gasteiger charge is -1.98. The van der Waals surface area contributed by atoms with E-state index in [0.29, 0.717) is 0 Å². The van der Waals surface area contributed by atoms with Crippen molar-refractivity contribution in [1.29, 1.82) is 0 Å². The fourth-order valence-electron chi connectivity index (χ4n) is 0.462. The van der Waals surface area contributed by atoms with Crippen LogP contribution in [0.2, 0.25) is 15.2 Å². The topological polar surface area (TPSA) is 12.9 Å². The third-order valence-corrected chi connectivity index (χ3v) is 1.99. The zero-order valence-corrected chi connectivity index (χ0v) is 7.10. The summed E-state index contributed by atoms with van der Waals surface area (Å²) in [5.74, 6) is -2.09. The lowest BCUT2D eigenvalue weighted by molar-refractivity contribution is 0.561. The highest BCUT2D eigenvalue weighted by atomic mass is 35.5. The molecule has 11 heavy (non-hydrogen) atoms. The number of nitrogens with zero attached hydrogens (tertiary/aromatic N) is 1. The van der Waals surface area contributed by atoms with Crippen molar-refractivity contribution >= 4 is 34.8 Å². The Morgan fingerprint density at radius 3 is 2.09 bits per heavy atom. The predicted octanol–water partition coefficient (Wildman–Crippen LogP) is 3.32. The summed E-state index contributed by atoms with van der Waals surface area (Å²) in [6.45, 7) is 0. The zero-order chi connectivity index (χ0) is 8.59. The normalized spacial score (nSPS) is 10.3. The Morgan fingerprint density at radius 1 is 1.00 bits per heavy atom. The molecule has 1 rings (SSSR count). The highest BCUT2D eigenvalue weighted by Crippen LogP contribution is 2.29. The van der Waals surface area contributed by atoms with E-state index in [1.165, 1.54) is 0 Å². The molecule has 0 atom stereocenters. The Hall–Kier alpha value is -0.120. The zero-order valence-electron chi connectivity index (χ0n) is 4.84. The first-order chi connectivity index (χ1) is 5.04. The van der Waals surface area contributed by atoms with Gasteiger partial charge in [0.05, 0.1) is 0 Å². The van der Waals surface area contributed by atoms with Crippen molar-refractivity contribution in [2.75, 3.05) is 0 Å². The number of hydrogen-bond acceptors (Lipinski definition) is 1. The van der Waals surface area contributed by atoms with E-state index < -0.39 is 27.0 Å². The largest absolute Gasteiger partial charge is 0.234 e. The summed E-state index contributed by atoms with van der Waals surface area (Å²) in [5.41, 5.74) is 0. The van der Waals surface area contributed by atoms with E-state index in [4.69, 9.17) is 34.8 Å². The van der Waals surface area contributed by atoms with Crippen LogP contribution in [-0.2, 0) is 0 Å². The molecule has 1 aromatic heterocycles. The van der Waals surface area contributed by atoms with Crippen LogP contribution in [0.4, 0.5) is 8.78 Å². The van der Waals surface area contributed by atoms with Crippen molar-refractivity contribution in [3.8, 4) is 0 Å². The van der Waals surface area contributed by atoms with Crippen LogP contribution in [0.15, 0.2) is 0 Å². The fraction of sp³-hybridized carbons (Fsp3) is 0. The number of pyridine rings is 1. The van der Waals surface area contributed by atoms with Gasteiger partial charge in [0.25, 0.3) is 0 Å². The summed E-state index contributed by atoms with van der Waals surface area (Å²) < 4.78 is 25.0. The van der Waals surface area contributed by atoms with Gasteiger partial charge in [-0.1, -0.05) is 34.8 Å². The van der Waals surface area contributed by atoms with E-state index in [-0.39, 0.29) is 0 Å². The SMILES string of the molecule is Fc1nc(Cl)c(F)c(Cl)c1Cl. The van der Waals surface area contributed by atoms with Gasteiger partial charge in [-0.15, -0.1) is 0 Å². The highest BCUT2D eigenvalue weighted by molar-refractivity contribution is 6.43. The van der Waals surface area contributed by atoms with Crippen molar-refractivity contribution in [2.45, 2.75) is 0 Å². The average molecular weight is 218 g/mol. The molecule has 0 radical (unpaired) electrons. The second-order valence-corrected chi connectivity index (χ2v) is 2.75. The van der Waals surface area contributed by atoms with Crippen LogP contribution in [0.3, 0.4) is 0 Å². The van der Waals surface area contributed by atoms with E-state index in [0.717, 1.165) is 0 Å². The van der Waals surface area contributed by atoms with Gasteiger partial charge in [-0.05, 0) is 0 Å². The highest BCUT2D eigenvalue weighted by Gasteiger charge is 2.15. The molecule has 0 unspecified atom stereocenters. The van der Waals surface area contributed by atoms with Crippen LogP contribution in [0.5, 0.6) is 0 Å². The summed E-state index contributed by atoms with van der Waals surface area (Å²) in [6.07, 6.45) is 0. The number of halogens is 5. The molecule has 0 aliphatic carbocycles. The first kappa shape index (κ1) is 8.97. The summed E-state index contributed by atoms with van der Waals surface area (Å²) in [4.78, 5) is 2.94. The monoisotopic (exact) mass is 217 g/mol. The molecule has 60 valence electrons. The Morgan fingerprint density at radius 2 is 1.55 bits per heavy atom. The van der Waals surface area contributed by atoms with Gasteiger partial charge in [-0.3, -0.25) is 0 Å². The molecule has 0 aliphatic rings. The molecule has 0 fully saturated rings. The lowest BCUT2D eigenvalue weighted by Crippen LogP contribution is -1.91. The van der Waals surface area contributed by atoms with E-state index >= 15 is 0 Å². The Labute approximate surface area is 75.9 Å². The van der Waals surface area contributed by atoms with Gasteiger partial charge in [-0.2, -0.15) is 4.39 Å². The lowest BCUT2D eigenvalue weighted by atomic mass is 10.5. The van der Waals surface area contributed by atoms with Crippen LogP contribution in [0.25, 0.3) is 0 Å². The molecule has 6 heteroatoms. The third kappa shape index (κ3) is 1.55. The number of aromatic nitrogens is 1. The van der Waals surface area contributed by atoms with Crippen molar-refractivity contribution in [3.05, 3.63) is 27.0 Å². The number of rotatable bonds is 0. The van der Waals surface area contributed by atoms with E-state index in [9.17, 15) is 8.78 Å². The van der Waals surface area contributed by atoms with Crippen LogP contribution in [0.1, 0.15) is 0 Å². The molecule has 0 spiro atoms. The molecule has 1 aromatic rings. The summed E-state index contributed by atoms with van der Waals surface area (Å²) in [6, 6.07) is 0. The average Bonchev–Trinajstić information content (AvgIpc) is 1.97. The molecule has 0 N–H and O–H groups in total. The molecule has 0 aliphatic heterocycles. The van der Waals surface area contributed by atoms with Crippen LogP contribution < -0.4 is 0 Å². The van der Waals surface area contributed by atoms with Crippen LogP contribution >= 0.6 is 34.8 Å². The molecule has 1 nitrogen and oxygen atoms in total. The molecular weight excluding hydrogens is 218 g/mol. The molecule has 0 saturated carbocycles. The molecule has 0 bridgehead atoms. The minimum atomic E-state index is -1.08. The molecule has 0 amide bonds. The third-order valence-electron chi connectivity index (χ3n) is 0.944. The van der Waals surface area contributed by atoms with E-state index in [1.54, 1.807) is 0 Å². The van der Waals surface area contributed by atoms with Crippen LogP contribution in [0, 0.1) is 11.8 Å². The van der Waals surface area contributed by atoms with Crippen molar-refractivity contribution in [3.63, 3.8) is 0 Å². The first-order valence-electron chi connectivity index (χ1n) is 2.39. The standard InChI is InChI=1S/C5Cl3F2N/c6-1-2(7)5(10)11-4(8)3(1)9. The maximum Gasteiger partial charge on any atom is 0.234 e. The quantitative estimate of drug-likeness (QED) is 0.609. The van der Waals surface area contributed by atoms with Crippen LogP contribution in [-0.4, -0.2) is 4.98 Å². The summed E-state index contributed by atoms with van der Waals surface area (Å²) >= 11 is 15.5. The summed E-state index contributed by atoms with van der Waals surface area (Å²) in [7, 11) is 0. The van der Waals surface area contributed by atoms with Gasteiger partial charge in [-0.25, -0.2) is 9.37 Å². The van der Waals surface area contributed by atoms with Gasteiger partial charge < -0.3 is 0 Å². The van der Waals surface area contributed by atoms with Gasteiger partial charge in [0, 0.05) is 0 Å². The predicted molar refractivity (Wildman–Crippen MR) is 39.2 cm³/mol.